The van der Waals surface area contributed by atoms with Gasteiger partial charge < -0.3 is 10.4 Å². The molecule has 0 aromatic heterocycles. The van der Waals surface area contributed by atoms with Gasteiger partial charge in [0.2, 0.25) is 0 Å². The van der Waals surface area contributed by atoms with Crippen LogP contribution in [0.2, 0.25) is 0 Å². The maximum Gasteiger partial charge on any atom is 0.325 e. The van der Waals surface area contributed by atoms with Gasteiger partial charge in [0.25, 0.3) is 5.91 Å². The molecule has 0 saturated heterocycles. The summed E-state index contributed by atoms with van der Waals surface area (Å²) in [6.07, 6.45) is 0. The molecule has 0 radical (unpaired) electrons. The van der Waals surface area contributed by atoms with Crippen LogP contribution in [0.15, 0.2) is 12.1 Å². The summed E-state index contributed by atoms with van der Waals surface area (Å²) >= 11 is 6.35. The second kappa shape index (κ2) is 6.50. The van der Waals surface area contributed by atoms with Gasteiger partial charge in [-0.25, -0.2) is 0 Å². The van der Waals surface area contributed by atoms with E-state index in [1.165, 1.54) is 6.92 Å². The summed E-state index contributed by atoms with van der Waals surface area (Å²) in [5, 5.41) is 11.2. The number of rotatable bonds is 3. The first kappa shape index (κ1) is 15.4. The van der Waals surface area contributed by atoms with Crippen molar-refractivity contribution in [2.24, 2.45) is 0 Å². The second-order valence-electron chi connectivity index (χ2n) is 3.28. The molecule has 1 unspecified atom stereocenters. The fraction of sp³-hybridized carbons (Fsp3) is 0.200. The van der Waals surface area contributed by atoms with Gasteiger partial charge in [0.15, 0.2) is 0 Å². The van der Waals surface area contributed by atoms with Crippen LogP contribution in [0, 0.1) is 10.7 Å². The highest BCUT2D eigenvalue weighted by molar-refractivity contribution is 14.1. The van der Waals surface area contributed by atoms with Crippen molar-refractivity contribution in [3.8, 4) is 0 Å². The molecule has 1 amide bonds. The van der Waals surface area contributed by atoms with E-state index in [1.54, 1.807) is 6.07 Å². The van der Waals surface area contributed by atoms with Crippen LogP contribution in [-0.2, 0) is 4.79 Å². The first-order valence-corrected chi connectivity index (χ1v) is 7.74. The van der Waals surface area contributed by atoms with Crippen molar-refractivity contribution >= 4 is 79.6 Å². The molecule has 4 nitrogen and oxygen atoms in total. The summed E-state index contributed by atoms with van der Waals surface area (Å²) in [4.78, 5) is 22.6. The Balaban J connectivity index is 3.01. The van der Waals surface area contributed by atoms with Crippen molar-refractivity contribution < 1.29 is 14.7 Å². The minimum Gasteiger partial charge on any atom is -0.480 e. The van der Waals surface area contributed by atoms with Crippen molar-refractivity contribution in [2.75, 3.05) is 0 Å². The van der Waals surface area contributed by atoms with E-state index in [-0.39, 0.29) is 5.91 Å². The number of carbonyl (C=O) groups is 2. The fourth-order valence-electron chi connectivity index (χ4n) is 1.06. The van der Waals surface area contributed by atoms with Crippen molar-refractivity contribution in [2.45, 2.75) is 13.0 Å². The third-order valence-corrected chi connectivity index (χ3v) is 5.62. The van der Waals surface area contributed by atoms with Crippen LogP contribution < -0.4 is 5.32 Å². The number of halogens is 3. The number of aliphatic carboxylic acids is 1. The van der Waals surface area contributed by atoms with E-state index in [1.807, 2.05) is 6.07 Å². The predicted molar refractivity (Wildman–Crippen MR) is 89.2 cm³/mol. The van der Waals surface area contributed by atoms with Crippen LogP contribution in [0.3, 0.4) is 0 Å². The summed E-state index contributed by atoms with van der Waals surface area (Å²) in [7, 11) is 0. The Labute approximate surface area is 139 Å². The Morgan fingerprint density at radius 1 is 1.29 bits per heavy atom. The number of hydrogen-bond donors (Lipinski definition) is 2. The Bertz CT molecular complexity index is 476. The Morgan fingerprint density at radius 2 is 1.88 bits per heavy atom. The molecule has 0 spiro atoms. The zero-order valence-electron chi connectivity index (χ0n) is 8.63. The molecule has 7 heteroatoms. The molecule has 0 saturated carbocycles. The first-order chi connectivity index (χ1) is 7.82. The van der Waals surface area contributed by atoms with Gasteiger partial charge in [-0.1, -0.05) is 0 Å². The number of nitrogens with one attached hydrogen (secondary N) is 1. The van der Waals surface area contributed by atoms with Crippen LogP contribution >= 0.6 is 67.8 Å². The number of carbonyl (C=O) groups excluding carboxylic acids is 1. The second-order valence-corrected chi connectivity index (χ2v) is 6.77. The van der Waals surface area contributed by atoms with E-state index in [0.717, 1.165) is 10.7 Å². The molecule has 1 rings (SSSR count). The highest BCUT2D eigenvalue weighted by Crippen LogP contribution is 2.22. The van der Waals surface area contributed by atoms with E-state index >= 15 is 0 Å². The zero-order valence-corrected chi connectivity index (χ0v) is 15.1. The van der Waals surface area contributed by atoms with E-state index < -0.39 is 12.0 Å². The van der Waals surface area contributed by atoms with E-state index in [0.29, 0.717) is 5.56 Å². The summed E-state index contributed by atoms with van der Waals surface area (Å²) in [5.74, 6) is -1.41. The number of hydrogen-bond acceptors (Lipinski definition) is 2. The third-order valence-electron chi connectivity index (χ3n) is 1.96. The van der Waals surface area contributed by atoms with Crippen LogP contribution in [0.5, 0.6) is 0 Å². The summed E-state index contributed by atoms with van der Waals surface area (Å²) in [6.45, 7) is 1.44. The Kier molecular flexibility index (Phi) is 5.89. The number of benzene rings is 1. The first-order valence-electron chi connectivity index (χ1n) is 4.51. The number of carboxylic acid groups (broad SMARTS) is 1. The molecule has 92 valence electrons. The molecular weight excluding hydrogens is 563 g/mol. The highest BCUT2D eigenvalue weighted by Gasteiger charge is 2.18. The van der Waals surface area contributed by atoms with Crippen molar-refractivity contribution in [1.82, 2.24) is 5.32 Å². The normalized spacial score (nSPS) is 12.0. The summed E-state index contributed by atoms with van der Waals surface area (Å²) < 4.78 is 2.75. The topological polar surface area (TPSA) is 66.4 Å². The van der Waals surface area contributed by atoms with E-state index in [4.69, 9.17) is 5.11 Å². The van der Waals surface area contributed by atoms with Crippen molar-refractivity contribution in [3.63, 3.8) is 0 Å². The minimum absolute atomic E-state index is 0.360. The molecule has 1 atom stereocenters. The van der Waals surface area contributed by atoms with Crippen LogP contribution in [0.25, 0.3) is 0 Å². The Morgan fingerprint density at radius 3 is 2.41 bits per heavy atom. The predicted octanol–water partition coefficient (Wildman–Crippen LogP) is 2.70. The molecule has 0 fully saturated rings. The minimum atomic E-state index is -1.05. The van der Waals surface area contributed by atoms with Crippen LogP contribution in [-0.4, -0.2) is 23.0 Å². The molecule has 0 aliphatic rings. The molecule has 2 N–H and O–H groups in total. The molecule has 1 aromatic rings. The lowest BCUT2D eigenvalue weighted by Crippen LogP contribution is -2.38. The lowest BCUT2D eigenvalue weighted by Gasteiger charge is -2.11. The van der Waals surface area contributed by atoms with Gasteiger partial charge in [-0.05, 0) is 86.8 Å². The third kappa shape index (κ3) is 4.19. The lowest BCUT2D eigenvalue weighted by molar-refractivity contribution is -0.138. The molecule has 0 aliphatic carbocycles. The molecule has 0 aliphatic heterocycles. The Hall–Kier alpha value is 0.350. The number of carboxylic acids is 1. The monoisotopic (exact) mass is 571 g/mol. The van der Waals surface area contributed by atoms with E-state index in [9.17, 15) is 9.59 Å². The van der Waals surface area contributed by atoms with Crippen LogP contribution in [0.1, 0.15) is 17.3 Å². The lowest BCUT2D eigenvalue weighted by atomic mass is 10.2. The molecule has 0 bridgehead atoms. The van der Waals surface area contributed by atoms with Gasteiger partial charge in [-0.2, -0.15) is 0 Å². The average Bonchev–Trinajstić information content (AvgIpc) is 2.22. The maximum absolute atomic E-state index is 11.9. The number of amides is 1. The molecule has 1 aromatic carbocycles. The SMILES string of the molecule is CC(NC(=O)c1cc(I)cc(I)c1I)C(=O)O. The van der Waals surface area contributed by atoms with Gasteiger partial charge in [0, 0.05) is 10.7 Å². The summed E-state index contributed by atoms with van der Waals surface area (Å²) in [5.41, 5.74) is 0.509. The van der Waals surface area contributed by atoms with E-state index in [2.05, 4.69) is 73.1 Å². The molecular formula is C10H8I3NO3. The standard InChI is InChI=1S/C10H8I3NO3/c1-4(10(16)17)14-9(15)6-2-5(11)3-7(12)8(6)13/h2-4H,1H3,(H,14,15)(H,16,17). The van der Waals surface area contributed by atoms with Gasteiger partial charge in [-0.3, -0.25) is 9.59 Å². The quantitative estimate of drug-likeness (QED) is 0.434. The van der Waals surface area contributed by atoms with Gasteiger partial charge in [-0.15, -0.1) is 0 Å². The van der Waals surface area contributed by atoms with Gasteiger partial charge >= 0.3 is 5.97 Å². The fourth-order valence-corrected chi connectivity index (χ4v) is 3.46. The smallest absolute Gasteiger partial charge is 0.325 e. The maximum atomic E-state index is 11.9. The van der Waals surface area contributed by atoms with Crippen molar-refractivity contribution in [1.29, 1.82) is 0 Å². The average molecular weight is 571 g/mol. The van der Waals surface area contributed by atoms with Gasteiger partial charge in [0.05, 0.1) is 5.56 Å². The largest absolute Gasteiger partial charge is 0.480 e. The molecule has 17 heavy (non-hydrogen) atoms. The molecule has 0 heterocycles. The van der Waals surface area contributed by atoms with Crippen LogP contribution in [0.4, 0.5) is 0 Å². The highest BCUT2D eigenvalue weighted by atomic mass is 127. The van der Waals surface area contributed by atoms with Crippen molar-refractivity contribution in [3.05, 3.63) is 28.4 Å². The van der Waals surface area contributed by atoms with Gasteiger partial charge in [0.1, 0.15) is 6.04 Å². The summed E-state index contributed by atoms with van der Waals surface area (Å²) in [6, 6.07) is 2.81. The zero-order chi connectivity index (χ0) is 13.2.